The average molecular weight is 240 g/mol. The molecule has 0 amide bonds. The minimum absolute atomic E-state index is 0.273. The molecule has 5 heteroatoms. The first kappa shape index (κ1) is 10.6. The highest BCUT2D eigenvalue weighted by Crippen LogP contribution is 2.15. The van der Waals surface area contributed by atoms with Crippen LogP contribution in [0.2, 0.25) is 0 Å². The molecule has 18 heavy (non-hydrogen) atoms. The maximum Gasteiger partial charge on any atom is 0.120 e. The number of nitrogens with one attached hydrogen (secondary N) is 1. The van der Waals surface area contributed by atoms with Gasteiger partial charge in [0, 0.05) is 5.56 Å². The maximum atomic E-state index is 9.67. The molecule has 0 unspecified atom stereocenters. The van der Waals surface area contributed by atoms with Gasteiger partial charge in [-0.25, -0.2) is 0 Å². The van der Waals surface area contributed by atoms with Crippen LogP contribution in [0.1, 0.15) is 5.56 Å². The van der Waals surface area contributed by atoms with E-state index < -0.39 is 0 Å². The molecule has 0 atom stereocenters. The highest BCUT2D eigenvalue weighted by Gasteiger charge is 2.04. The minimum Gasteiger partial charge on any atom is -0.508 e. The van der Waals surface area contributed by atoms with E-state index in [1.54, 1.807) is 16.9 Å². The summed E-state index contributed by atoms with van der Waals surface area (Å²) in [5, 5.41) is 17.7. The molecule has 3 aromatic rings. The van der Waals surface area contributed by atoms with Gasteiger partial charge in [-0.2, -0.15) is 4.79 Å². The van der Waals surface area contributed by atoms with Crippen molar-refractivity contribution >= 4 is 11.0 Å². The summed E-state index contributed by atoms with van der Waals surface area (Å²) in [6, 6.07) is 14.9. The molecule has 0 saturated carbocycles. The molecule has 5 nitrogen and oxygen atoms in total. The van der Waals surface area contributed by atoms with Crippen molar-refractivity contribution in [1.82, 2.24) is 15.1 Å². The minimum atomic E-state index is 0.273. The van der Waals surface area contributed by atoms with Crippen LogP contribution in [-0.4, -0.2) is 20.2 Å². The molecule has 1 heterocycles. The Hall–Kier alpha value is -2.56. The smallest absolute Gasteiger partial charge is 0.120 e. The van der Waals surface area contributed by atoms with Crippen LogP contribution in [-0.2, 0) is 6.54 Å². The molecular formula is C13H12N4O. The van der Waals surface area contributed by atoms with E-state index in [1.807, 2.05) is 36.4 Å². The number of phenolic OH excluding ortho intramolecular Hbond substituents is 1. The zero-order valence-electron chi connectivity index (χ0n) is 9.61. The Balaban J connectivity index is 1.83. The molecule has 0 aliphatic rings. The third kappa shape index (κ3) is 1.86. The lowest BCUT2D eigenvalue weighted by atomic mass is 10.2. The normalized spacial score (nSPS) is 10.7. The molecule has 0 spiro atoms. The second kappa shape index (κ2) is 4.37. The molecule has 1 aromatic heterocycles. The summed E-state index contributed by atoms with van der Waals surface area (Å²) < 4.78 is 0. The number of nitrogens with zero attached hydrogens (tertiary/aromatic N) is 3. The number of benzene rings is 2. The first-order valence-corrected chi connectivity index (χ1v) is 5.66. The Kier molecular flexibility index (Phi) is 2.57. The van der Waals surface area contributed by atoms with Gasteiger partial charge in [0.15, 0.2) is 0 Å². The van der Waals surface area contributed by atoms with Gasteiger partial charge in [-0.3, -0.25) is 0 Å². The zero-order chi connectivity index (χ0) is 12.4. The lowest BCUT2D eigenvalue weighted by molar-refractivity contribution is 0.468. The number of aromatic hydroxyl groups is 1. The van der Waals surface area contributed by atoms with Crippen molar-refractivity contribution in [3.8, 4) is 5.75 Å². The number of hydrogen-bond donors (Lipinski definition) is 2. The van der Waals surface area contributed by atoms with Crippen molar-refractivity contribution in [2.45, 2.75) is 6.54 Å². The van der Waals surface area contributed by atoms with Crippen LogP contribution in [0.25, 0.3) is 11.0 Å². The molecule has 0 fully saturated rings. The summed E-state index contributed by atoms with van der Waals surface area (Å²) in [5.74, 6) is 0.273. The van der Waals surface area contributed by atoms with Gasteiger partial charge in [-0.15, -0.1) is 5.10 Å². The van der Waals surface area contributed by atoms with Gasteiger partial charge in [0.05, 0.1) is 6.54 Å². The predicted octanol–water partition coefficient (Wildman–Crippen LogP) is 1.88. The number of rotatable bonds is 3. The fourth-order valence-corrected chi connectivity index (χ4v) is 1.81. The van der Waals surface area contributed by atoms with Gasteiger partial charge in [-0.05, 0) is 23.4 Å². The Labute approximate surface area is 104 Å². The van der Waals surface area contributed by atoms with Crippen molar-refractivity contribution in [1.29, 1.82) is 0 Å². The first-order chi connectivity index (χ1) is 8.84. The quantitative estimate of drug-likeness (QED) is 0.733. The van der Waals surface area contributed by atoms with Gasteiger partial charge in [0.2, 0.25) is 0 Å². The summed E-state index contributed by atoms with van der Waals surface area (Å²) in [4.78, 5) is 1.61. The van der Waals surface area contributed by atoms with E-state index in [2.05, 4.69) is 15.7 Å². The van der Waals surface area contributed by atoms with E-state index in [1.165, 1.54) is 0 Å². The summed E-state index contributed by atoms with van der Waals surface area (Å²) in [5.41, 5.74) is 5.67. The van der Waals surface area contributed by atoms with E-state index in [-0.39, 0.29) is 5.75 Å². The number of fused-ring (bicyclic) bond motifs is 1. The highest BCUT2D eigenvalue weighted by atomic mass is 16.3. The largest absolute Gasteiger partial charge is 0.508 e. The Morgan fingerprint density at radius 1 is 1.06 bits per heavy atom. The van der Waals surface area contributed by atoms with Gasteiger partial charge in [0.1, 0.15) is 16.8 Å². The number of hydrogen-bond acceptors (Lipinski definition) is 4. The van der Waals surface area contributed by atoms with E-state index in [4.69, 9.17) is 0 Å². The molecule has 0 saturated heterocycles. The van der Waals surface area contributed by atoms with Crippen LogP contribution in [0.15, 0.2) is 48.5 Å². The second-order valence-corrected chi connectivity index (χ2v) is 3.95. The van der Waals surface area contributed by atoms with Crippen molar-refractivity contribution < 1.29 is 5.11 Å². The Morgan fingerprint density at radius 2 is 1.83 bits per heavy atom. The summed E-state index contributed by atoms with van der Waals surface area (Å²) in [6.07, 6.45) is 0. The monoisotopic (exact) mass is 240 g/mol. The fourth-order valence-electron chi connectivity index (χ4n) is 1.81. The van der Waals surface area contributed by atoms with Crippen molar-refractivity contribution in [2.24, 2.45) is 0 Å². The van der Waals surface area contributed by atoms with E-state index in [9.17, 15) is 5.11 Å². The fraction of sp³-hybridized carbons (Fsp3) is 0.0769. The number of phenols is 1. The SMILES string of the molecule is Oc1ccccc1CNn1nnc2ccccc21. The highest BCUT2D eigenvalue weighted by molar-refractivity contribution is 5.74. The topological polar surface area (TPSA) is 63.0 Å². The third-order valence-corrected chi connectivity index (χ3v) is 2.76. The molecule has 0 aliphatic carbocycles. The lowest BCUT2D eigenvalue weighted by Gasteiger charge is -2.07. The van der Waals surface area contributed by atoms with Crippen molar-refractivity contribution in [2.75, 3.05) is 5.43 Å². The maximum absolute atomic E-state index is 9.67. The van der Waals surface area contributed by atoms with Gasteiger partial charge >= 0.3 is 0 Å². The third-order valence-electron chi connectivity index (χ3n) is 2.76. The molecule has 90 valence electrons. The van der Waals surface area contributed by atoms with Crippen LogP contribution in [0.4, 0.5) is 0 Å². The molecule has 0 bridgehead atoms. The number of para-hydroxylation sites is 2. The van der Waals surface area contributed by atoms with Crippen LogP contribution in [0.3, 0.4) is 0 Å². The lowest BCUT2D eigenvalue weighted by Crippen LogP contribution is -2.15. The molecule has 2 aromatic carbocycles. The number of aromatic nitrogens is 3. The van der Waals surface area contributed by atoms with Crippen LogP contribution in [0.5, 0.6) is 5.75 Å². The molecule has 3 rings (SSSR count). The van der Waals surface area contributed by atoms with Crippen LogP contribution in [0, 0.1) is 0 Å². The summed E-state index contributed by atoms with van der Waals surface area (Å²) >= 11 is 0. The van der Waals surface area contributed by atoms with Crippen molar-refractivity contribution in [3.05, 3.63) is 54.1 Å². The van der Waals surface area contributed by atoms with E-state index in [0.717, 1.165) is 16.6 Å². The van der Waals surface area contributed by atoms with Crippen LogP contribution >= 0.6 is 0 Å². The van der Waals surface area contributed by atoms with Crippen LogP contribution < -0.4 is 5.43 Å². The van der Waals surface area contributed by atoms with E-state index >= 15 is 0 Å². The van der Waals surface area contributed by atoms with Gasteiger partial charge in [-0.1, -0.05) is 30.3 Å². The summed E-state index contributed by atoms with van der Waals surface area (Å²) in [7, 11) is 0. The molecule has 0 radical (unpaired) electrons. The zero-order valence-corrected chi connectivity index (χ0v) is 9.61. The molecule has 0 aliphatic heterocycles. The molecular weight excluding hydrogens is 228 g/mol. The average Bonchev–Trinajstić information content (AvgIpc) is 2.81. The standard InChI is InChI=1S/C13H12N4O/c18-13-8-4-1-5-10(13)9-14-17-12-7-3-2-6-11(12)15-16-17/h1-8,14,18H,9H2. The second-order valence-electron chi connectivity index (χ2n) is 3.95. The molecule has 2 N–H and O–H groups in total. The van der Waals surface area contributed by atoms with Gasteiger partial charge in [0.25, 0.3) is 0 Å². The Morgan fingerprint density at radius 3 is 2.72 bits per heavy atom. The van der Waals surface area contributed by atoms with Gasteiger partial charge < -0.3 is 10.5 Å². The Bertz CT molecular complexity index is 677. The summed E-state index contributed by atoms with van der Waals surface area (Å²) in [6.45, 7) is 0.486. The predicted molar refractivity (Wildman–Crippen MR) is 68.7 cm³/mol. The van der Waals surface area contributed by atoms with Crippen molar-refractivity contribution in [3.63, 3.8) is 0 Å². The van der Waals surface area contributed by atoms with E-state index in [0.29, 0.717) is 6.54 Å². The first-order valence-electron chi connectivity index (χ1n) is 5.66.